The lowest BCUT2D eigenvalue weighted by Crippen LogP contribution is -2.23. The molecule has 0 saturated carbocycles. The lowest BCUT2D eigenvalue weighted by Gasteiger charge is -2.14. The summed E-state index contributed by atoms with van der Waals surface area (Å²) in [6, 6.07) is 7.90. The highest BCUT2D eigenvalue weighted by Gasteiger charge is 2.17. The normalized spacial score (nSPS) is 12.6. The van der Waals surface area contributed by atoms with Crippen LogP contribution in [0.15, 0.2) is 24.3 Å². The van der Waals surface area contributed by atoms with Crippen molar-refractivity contribution in [1.29, 1.82) is 0 Å². The molecule has 0 atom stereocenters. The number of carbonyl (C=O) groups excluding carboxylic acids is 1. The van der Waals surface area contributed by atoms with Crippen LogP contribution in [0.5, 0.6) is 0 Å². The van der Waals surface area contributed by atoms with Gasteiger partial charge in [0.25, 0.3) is 0 Å². The molecule has 1 aromatic carbocycles. The quantitative estimate of drug-likeness (QED) is 0.775. The van der Waals surface area contributed by atoms with Gasteiger partial charge < -0.3 is 4.57 Å². The first-order valence-corrected chi connectivity index (χ1v) is 6.60. The molecule has 0 aliphatic carbocycles. The number of imidazole rings is 1. The summed E-state index contributed by atoms with van der Waals surface area (Å²) in [6.45, 7) is 8.72. The molecular weight excluding hydrogens is 226 g/mol. The van der Waals surface area contributed by atoms with Crippen molar-refractivity contribution in [3.63, 3.8) is 0 Å². The predicted octanol–water partition coefficient (Wildman–Crippen LogP) is 3.43. The van der Waals surface area contributed by atoms with E-state index < -0.39 is 0 Å². The van der Waals surface area contributed by atoms with Crippen LogP contribution < -0.4 is 5.32 Å². The molecule has 2 aromatic rings. The number of anilines is 1. The fourth-order valence-corrected chi connectivity index (χ4v) is 1.80. The number of para-hydroxylation sites is 2. The third-order valence-corrected chi connectivity index (χ3v) is 2.47. The highest BCUT2D eigenvalue weighted by molar-refractivity contribution is 5.93. The zero-order valence-corrected chi connectivity index (χ0v) is 11.5. The van der Waals surface area contributed by atoms with Crippen molar-refractivity contribution in [1.82, 2.24) is 9.55 Å². The van der Waals surface area contributed by atoms with Crippen LogP contribution in [0.3, 0.4) is 0 Å². The molecule has 1 amide bonds. The van der Waals surface area contributed by atoms with Gasteiger partial charge in [-0.25, -0.2) is 4.98 Å². The van der Waals surface area contributed by atoms with Gasteiger partial charge in [-0.1, -0.05) is 39.8 Å². The standard InChI is InChI=1S/C10H9N3O.2C2H6/c14-9-5-6-13-8-4-2-1-3-7(8)11-10(13)12-9;2*1-2/h1-4H,5-6H2,(H,11,12,14);2*1-2H3. The molecule has 2 heterocycles. The number of hydrogen-bond acceptors (Lipinski definition) is 2. The van der Waals surface area contributed by atoms with Crippen molar-refractivity contribution in [2.24, 2.45) is 0 Å². The van der Waals surface area contributed by atoms with E-state index in [4.69, 9.17) is 0 Å². The van der Waals surface area contributed by atoms with Gasteiger partial charge >= 0.3 is 0 Å². The van der Waals surface area contributed by atoms with Crippen LogP contribution in [0.4, 0.5) is 5.95 Å². The Bertz CT molecular complexity index is 517. The number of nitrogens with zero attached hydrogens (tertiary/aromatic N) is 2. The number of aryl methyl sites for hydroxylation is 1. The molecule has 0 bridgehead atoms. The lowest BCUT2D eigenvalue weighted by atomic mass is 10.3. The van der Waals surface area contributed by atoms with E-state index in [0.29, 0.717) is 12.4 Å². The Balaban J connectivity index is 0.000000371. The summed E-state index contributed by atoms with van der Waals surface area (Å²) in [5.41, 5.74) is 2.02. The van der Waals surface area contributed by atoms with E-state index in [1.54, 1.807) is 0 Å². The van der Waals surface area contributed by atoms with E-state index in [1.165, 1.54) is 0 Å². The first kappa shape index (κ1) is 14.2. The molecule has 3 rings (SSSR count). The van der Waals surface area contributed by atoms with Crippen molar-refractivity contribution in [2.75, 3.05) is 5.32 Å². The van der Waals surface area contributed by atoms with Crippen LogP contribution in [0, 0.1) is 0 Å². The molecule has 0 fully saturated rings. The number of aromatic nitrogens is 2. The summed E-state index contributed by atoms with van der Waals surface area (Å²) < 4.78 is 2.04. The predicted molar refractivity (Wildman–Crippen MR) is 75.7 cm³/mol. The molecular formula is C14H21N3O. The van der Waals surface area contributed by atoms with Gasteiger partial charge in [-0.2, -0.15) is 0 Å². The summed E-state index contributed by atoms with van der Waals surface area (Å²) in [6.07, 6.45) is 0.535. The Morgan fingerprint density at radius 1 is 1.17 bits per heavy atom. The van der Waals surface area contributed by atoms with Crippen molar-refractivity contribution in [2.45, 2.75) is 40.7 Å². The average Bonchev–Trinajstić information content (AvgIpc) is 2.80. The number of carbonyl (C=O) groups is 1. The third kappa shape index (κ3) is 2.70. The molecule has 0 spiro atoms. The molecule has 0 unspecified atom stereocenters. The maximum absolute atomic E-state index is 11.1. The van der Waals surface area contributed by atoms with Crippen molar-refractivity contribution < 1.29 is 4.79 Å². The molecule has 4 heteroatoms. The Morgan fingerprint density at radius 3 is 2.56 bits per heavy atom. The Labute approximate surface area is 108 Å². The summed E-state index contributed by atoms with van der Waals surface area (Å²) in [5.74, 6) is 0.718. The minimum atomic E-state index is 0.0489. The highest BCUT2D eigenvalue weighted by atomic mass is 16.1. The molecule has 4 nitrogen and oxygen atoms in total. The van der Waals surface area contributed by atoms with E-state index >= 15 is 0 Å². The summed E-state index contributed by atoms with van der Waals surface area (Å²) in [4.78, 5) is 15.5. The molecule has 0 saturated heterocycles. The van der Waals surface area contributed by atoms with E-state index in [-0.39, 0.29) is 5.91 Å². The number of rotatable bonds is 0. The second-order valence-electron chi connectivity index (χ2n) is 3.37. The molecule has 0 radical (unpaired) electrons. The summed E-state index contributed by atoms with van der Waals surface area (Å²) in [7, 11) is 0. The largest absolute Gasteiger partial charge is 0.309 e. The van der Waals surface area contributed by atoms with E-state index in [2.05, 4.69) is 10.3 Å². The van der Waals surface area contributed by atoms with Gasteiger partial charge in [0.2, 0.25) is 11.9 Å². The molecule has 1 N–H and O–H groups in total. The minimum Gasteiger partial charge on any atom is -0.309 e. The first-order chi connectivity index (χ1) is 8.84. The number of nitrogens with one attached hydrogen (secondary N) is 1. The van der Waals surface area contributed by atoms with Gasteiger partial charge in [0, 0.05) is 13.0 Å². The Hall–Kier alpha value is -1.84. The first-order valence-electron chi connectivity index (χ1n) is 6.60. The smallest absolute Gasteiger partial charge is 0.228 e. The van der Waals surface area contributed by atoms with Crippen molar-refractivity contribution >= 4 is 22.9 Å². The van der Waals surface area contributed by atoms with Crippen LogP contribution in [-0.2, 0) is 11.3 Å². The second-order valence-corrected chi connectivity index (χ2v) is 3.37. The SMILES string of the molecule is CC.CC.O=C1CCn2c(nc3ccccc32)N1. The van der Waals surface area contributed by atoms with Crippen LogP contribution in [-0.4, -0.2) is 15.5 Å². The van der Waals surface area contributed by atoms with Gasteiger partial charge in [-0.3, -0.25) is 10.1 Å². The van der Waals surface area contributed by atoms with Crippen LogP contribution in [0.1, 0.15) is 34.1 Å². The van der Waals surface area contributed by atoms with Crippen LogP contribution >= 0.6 is 0 Å². The van der Waals surface area contributed by atoms with Crippen molar-refractivity contribution in [3.8, 4) is 0 Å². The Morgan fingerprint density at radius 2 is 1.83 bits per heavy atom. The van der Waals surface area contributed by atoms with E-state index in [9.17, 15) is 4.79 Å². The zero-order chi connectivity index (χ0) is 13.5. The maximum Gasteiger partial charge on any atom is 0.228 e. The van der Waals surface area contributed by atoms with Gasteiger partial charge in [0.1, 0.15) is 0 Å². The number of benzene rings is 1. The van der Waals surface area contributed by atoms with Gasteiger partial charge in [-0.05, 0) is 12.1 Å². The molecule has 1 aliphatic rings. The monoisotopic (exact) mass is 247 g/mol. The van der Waals surface area contributed by atoms with Crippen LogP contribution in [0.25, 0.3) is 11.0 Å². The lowest BCUT2D eigenvalue weighted by molar-refractivity contribution is -0.116. The minimum absolute atomic E-state index is 0.0489. The maximum atomic E-state index is 11.1. The zero-order valence-electron chi connectivity index (χ0n) is 11.5. The fraction of sp³-hybridized carbons (Fsp3) is 0.429. The van der Waals surface area contributed by atoms with Crippen molar-refractivity contribution in [3.05, 3.63) is 24.3 Å². The number of amides is 1. The second kappa shape index (κ2) is 6.79. The number of hydrogen-bond donors (Lipinski definition) is 1. The van der Waals surface area contributed by atoms with E-state index in [1.807, 2.05) is 56.5 Å². The van der Waals surface area contributed by atoms with Gasteiger partial charge in [0.15, 0.2) is 0 Å². The third-order valence-electron chi connectivity index (χ3n) is 2.47. The fourth-order valence-electron chi connectivity index (χ4n) is 1.80. The molecule has 98 valence electrons. The summed E-state index contributed by atoms with van der Waals surface area (Å²) in [5, 5.41) is 2.76. The van der Waals surface area contributed by atoms with Crippen LogP contribution in [0.2, 0.25) is 0 Å². The highest BCUT2D eigenvalue weighted by Crippen LogP contribution is 2.22. The number of fused-ring (bicyclic) bond motifs is 3. The molecule has 1 aliphatic heterocycles. The van der Waals surface area contributed by atoms with Gasteiger partial charge in [-0.15, -0.1) is 0 Å². The van der Waals surface area contributed by atoms with Gasteiger partial charge in [0.05, 0.1) is 11.0 Å². The molecule has 18 heavy (non-hydrogen) atoms. The Kier molecular flexibility index (Phi) is 5.36. The van der Waals surface area contributed by atoms with E-state index in [0.717, 1.165) is 17.6 Å². The average molecular weight is 247 g/mol. The summed E-state index contributed by atoms with van der Waals surface area (Å²) >= 11 is 0. The topological polar surface area (TPSA) is 46.9 Å². The molecule has 1 aromatic heterocycles.